The van der Waals surface area contributed by atoms with E-state index in [4.69, 9.17) is 4.74 Å². The summed E-state index contributed by atoms with van der Waals surface area (Å²) in [5.74, 6) is -0.166. The lowest BCUT2D eigenvalue weighted by Crippen LogP contribution is -2.42. The van der Waals surface area contributed by atoms with Crippen LogP contribution in [0.1, 0.15) is 18.1 Å². The van der Waals surface area contributed by atoms with Gasteiger partial charge in [0.1, 0.15) is 6.04 Å². The summed E-state index contributed by atoms with van der Waals surface area (Å²) in [4.78, 5) is 25.5. The predicted octanol–water partition coefficient (Wildman–Crippen LogP) is 0.205. The standard InChI is InChI=1S/C17H24N4O3/c1-12-10-21(5-6-24-12)11-14-4-2-3-13(7-14)8-18-16(22)15-9-19-17(23)20-15/h2-4,7,12,15H,5-6,8-11H2,1H3,(H,18,22)(H2,19,20,23)/t12-,15-/m1/s1. The van der Waals surface area contributed by atoms with Crippen molar-refractivity contribution in [1.82, 2.24) is 20.9 Å². The second-order valence-corrected chi connectivity index (χ2v) is 6.36. The lowest BCUT2D eigenvalue weighted by Gasteiger charge is -2.31. The van der Waals surface area contributed by atoms with Crippen molar-refractivity contribution in [2.24, 2.45) is 0 Å². The maximum Gasteiger partial charge on any atom is 0.315 e. The van der Waals surface area contributed by atoms with Gasteiger partial charge in [-0.2, -0.15) is 0 Å². The molecule has 0 saturated carbocycles. The largest absolute Gasteiger partial charge is 0.376 e. The molecule has 7 nitrogen and oxygen atoms in total. The average Bonchev–Trinajstić information content (AvgIpc) is 3.00. The number of morpholine rings is 1. The van der Waals surface area contributed by atoms with Crippen LogP contribution in [0.15, 0.2) is 24.3 Å². The van der Waals surface area contributed by atoms with Crippen LogP contribution < -0.4 is 16.0 Å². The van der Waals surface area contributed by atoms with E-state index < -0.39 is 6.04 Å². The SMILES string of the molecule is C[C@@H]1CN(Cc2cccc(CNC(=O)[C@H]3CNC(=O)N3)c2)CCO1. The molecule has 0 aliphatic carbocycles. The Balaban J connectivity index is 1.51. The van der Waals surface area contributed by atoms with Gasteiger partial charge in [0, 0.05) is 32.7 Å². The molecule has 0 radical (unpaired) electrons. The number of amides is 3. The van der Waals surface area contributed by atoms with Crippen LogP contribution >= 0.6 is 0 Å². The molecule has 3 amide bonds. The van der Waals surface area contributed by atoms with Crippen molar-refractivity contribution in [2.45, 2.75) is 32.2 Å². The van der Waals surface area contributed by atoms with E-state index in [9.17, 15) is 9.59 Å². The van der Waals surface area contributed by atoms with Gasteiger partial charge in [-0.3, -0.25) is 9.69 Å². The van der Waals surface area contributed by atoms with Crippen LogP contribution in [0.4, 0.5) is 4.79 Å². The Morgan fingerprint density at radius 3 is 3.00 bits per heavy atom. The number of rotatable bonds is 5. The molecule has 0 aromatic heterocycles. The zero-order valence-corrected chi connectivity index (χ0v) is 13.9. The predicted molar refractivity (Wildman–Crippen MR) is 89.3 cm³/mol. The third-order valence-corrected chi connectivity index (χ3v) is 4.28. The van der Waals surface area contributed by atoms with Crippen molar-refractivity contribution in [1.29, 1.82) is 0 Å². The quantitative estimate of drug-likeness (QED) is 0.720. The summed E-state index contributed by atoms with van der Waals surface area (Å²) in [5, 5.41) is 8.03. The third kappa shape index (κ3) is 4.46. The monoisotopic (exact) mass is 332 g/mol. The van der Waals surface area contributed by atoms with Crippen LogP contribution in [-0.2, 0) is 22.6 Å². The summed E-state index contributed by atoms with van der Waals surface area (Å²) in [7, 11) is 0. The van der Waals surface area contributed by atoms with Gasteiger partial charge in [-0.25, -0.2) is 4.79 Å². The second-order valence-electron chi connectivity index (χ2n) is 6.36. The molecule has 7 heteroatoms. The summed E-state index contributed by atoms with van der Waals surface area (Å²) in [6.45, 7) is 6.43. The van der Waals surface area contributed by atoms with Crippen LogP contribution in [0, 0.1) is 0 Å². The molecule has 2 saturated heterocycles. The minimum absolute atomic E-state index is 0.166. The molecular weight excluding hydrogens is 308 g/mol. The molecule has 2 aliphatic rings. The second kappa shape index (κ2) is 7.63. The van der Waals surface area contributed by atoms with Crippen LogP contribution in [0.3, 0.4) is 0 Å². The third-order valence-electron chi connectivity index (χ3n) is 4.28. The molecule has 2 heterocycles. The maximum absolute atomic E-state index is 12.0. The van der Waals surface area contributed by atoms with Gasteiger partial charge < -0.3 is 20.7 Å². The number of carbonyl (C=O) groups is 2. The summed E-state index contributed by atoms with van der Waals surface area (Å²) >= 11 is 0. The van der Waals surface area contributed by atoms with Crippen LogP contribution in [-0.4, -0.2) is 55.2 Å². The number of hydrogen-bond donors (Lipinski definition) is 3. The molecule has 24 heavy (non-hydrogen) atoms. The van der Waals surface area contributed by atoms with E-state index in [1.165, 1.54) is 5.56 Å². The van der Waals surface area contributed by atoms with Crippen molar-refractivity contribution in [3.8, 4) is 0 Å². The molecule has 3 rings (SSSR count). The number of hydrogen-bond acceptors (Lipinski definition) is 4. The fraction of sp³-hybridized carbons (Fsp3) is 0.529. The first kappa shape index (κ1) is 16.7. The smallest absolute Gasteiger partial charge is 0.315 e. The Bertz CT molecular complexity index is 607. The highest BCUT2D eigenvalue weighted by atomic mass is 16.5. The highest BCUT2D eigenvalue weighted by molar-refractivity contribution is 5.90. The summed E-state index contributed by atoms with van der Waals surface area (Å²) in [6, 6.07) is 7.45. The number of nitrogens with zero attached hydrogens (tertiary/aromatic N) is 1. The minimum Gasteiger partial charge on any atom is -0.376 e. The normalized spacial score (nSPS) is 24.3. The molecule has 0 unspecified atom stereocenters. The Morgan fingerprint density at radius 1 is 1.42 bits per heavy atom. The fourth-order valence-corrected chi connectivity index (χ4v) is 3.06. The van der Waals surface area contributed by atoms with E-state index in [1.807, 2.05) is 12.1 Å². The summed E-state index contributed by atoms with van der Waals surface area (Å²) < 4.78 is 5.57. The number of nitrogens with one attached hydrogen (secondary N) is 3. The first-order chi connectivity index (χ1) is 11.6. The summed E-state index contributed by atoms with van der Waals surface area (Å²) in [5.41, 5.74) is 2.28. The number of carbonyl (C=O) groups excluding carboxylic acids is 2. The van der Waals surface area contributed by atoms with E-state index in [0.717, 1.165) is 31.8 Å². The van der Waals surface area contributed by atoms with E-state index in [1.54, 1.807) is 0 Å². The molecular formula is C17H24N4O3. The molecule has 2 fully saturated rings. The molecule has 130 valence electrons. The Kier molecular flexibility index (Phi) is 5.32. The van der Waals surface area contributed by atoms with Crippen molar-refractivity contribution < 1.29 is 14.3 Å². The van der Waals surface area contributed by atoms with E-state index in [-0.39, 0.29) is 18.0 Å². The lowest BCUT2D eigenvalue weighted by atomic mass is 10.1. The lowest BCUT2D eigenvalue weighted by molar-refractivity contribution is -0.122. The van der Waals surface area contributed by atoms with Crippen LogP contribution in [0.5, 0.6) is 0 Å². The molecule has 0 bridgehead atoms. The van der Waals surface area contributed by atoms with Gasteiger partial charge >= 0.3 is 6.03 Å². The summed E-state index contributed by atoms with van der Waals surface area (Å²) in [6.07, 6.45) is 0.274. The van der Waals surface area contributed by atoms with E-state index >= 15 is 0 Å². The van der Waals surface area contributed by atoms with Gasteiger partial charge in [-0.05, 0) is 18.1 Å². The van der Waals surface area contributed by atoms with Crippen molar-refractivity contribution in [3.63, 3.8) is 0 Å². The van der Waals surface area contributed by atoms with E-state index in [0.29, 0.717) is 13.1 Å². The number of ether oxygens (including phenoxy) is 1. The van der Waals surface area contributed by atoms with Crippen LogP contribution in [0.2, 0.25) is 0 Å². The van der Waals surface area contributed by atoms with Gasteiger partial charge in [0.25, 0.3) is 0 Å². The maximum atomic E-state index is 12.0. The van der Waals surface area contributed by atoms with Crippen molar-refractivity contribution in [2.75, 3.05) is 26.2 Å². The molecule has 0 spiro atoms. The highest BCUT2D eigenvalue weighted by Gasteiger charge is 2.26. The molecule has 2 aliphatic heterocycles. The Labute approximate surface area is 141 Å². The minimum atomic E-state index is -0.490. The van der Waals surface area contributed by atoms with Crippen LogP contribution in [0.25, 0.3) is 0 Å². The number of benzene rings is 1. The fourth-order valence-electron chi connectivity index (χ4n) is 3.06. The highest BCUT2D eigenvalue weighted by Crippen LogP contribution is 2.12. The first-order valence-corrected chi connectivity index (χ1v) is 8.34. The van der Waals surface area contributed by atoms with Crippen molar-refractivity contribution >= 4 is 11.9 Å². The number of urea groups is 1. The zero-order chi connectivity index (χ0) is 16.9. The van der Waals surface area contributed by atoms with Gasteiger partial charge in [0.05, 0.1) is 12.7 Å². The van der Waals surface area contributed by atoms with E-state index in [2.05, 4.69) is 39.9 Å². The molecule has 1 aromatic carbocycles. The Hall–Kier alpha value is -2.12. The molecule has 3 N–H and O–H groups in total. The Morgan fingerprint density at radius 2 is 2.25 bits per heavy atom. The van der Waals surface area contributed by atoms with Gasteiger partial charge in [0.2, 0.25) is 5.91 Å². The van der Waals surface area contributed by atoms with Crippen molar-refractivity contribution in [3.05, 3.63) is 35.4 Å². The van der Waals surface area contributed by atoms with Gasteiger partial charge in [-0.15, -0.1) is 0 Å². The molecule has 1 aromatic rings. The topological polar surface area (TPSA) is 82.7 Å². The molecule has 2 atom stereocenters. The first-order valence-electron chi connectivity index (χ1n) is 8.34. The van der Waals surface area contributed by atoms with Gasteiger partial charge in [-0.1, -0.05) is 24.3 Å². The zero-order valence-electron chi connectivity index (χ0n) is 13.9. The van der Waals surface area contributed by atoms with Gasteiger partial charge in [0.15, 0.2) is 0 Å². The average molecular weight is 332 g/mol.